The normalized spacial score (nSPS) is 24.4. The van der Waals surface area contributed by atoms with Gasteiger partial charge in [0.15, 0.2) is 17.3 Å². The van der Waals surface area contributed by atoms with E-state index in [-0.39, 0.29) is 11.7 Å². The molecule has 3 unspecified atom stereocenters. The molecule has 1 saturated heterocycles. The largest absolute Gasteiger partial charge is 0.493 e. The third-order valence-corrected chi connectivity index (χ3v) is 6.82. The van der Waals surface area contributed by atoms with Gasteiger partial charge in [0, 0.05) is 17.5 Å². The van der Waals surface area contributed by atoms with Crippen LogP contribution < -0.4 is 9.47 Å². The average molecular weight is 394 g/mol. The molecule has 29 heavy (non-hydrogen) atoms. The molecule has 4 rings (SSSR count). The van der Waals surface area contributed by atoms with Crippen LogP contribution in [0.2, 0.25) is 0 Å². The van der Waals surface area contributed by atoms with E-state index in [2.05, 4.69) is 42.2 Å². The molecule has 2 aromatic rings. The van der Waals surface area contributed by atoms with E-state index in [9.17, 15) is 4.79 Å². The van der Waals surface area contributed by atoms with Gasteiger partial charge in [0.25, 0.3) is 0 Å². The van der Waals surface area contributed by atoms with Crippen molar-refractivity contribution in [3.63, 3.8) is 0 Å². The molecule has 0 N–H and O–H groups in total. The summed E-state index contributed by atoms with van der Waals surface area (Å²) in [5, 5.41) is 0. The van der Waals surface area contributed by atoms with Crippen molar-refractivity contribution in [3.05, 3.63) is 59.2 Å². The van der Waals surface area contributed by atoms with Gasteiger partial charge >= 0.3 is 0 Å². The van der Waals surface area contributed by atoms with E-state index in [4.69, 9.17) is 9.47 Å². The van der Waals surface area contributed by atoms with E-state index in [1.54, 1.807) is 14.2 Å². The van der Waals surface area contributed by atoms with Gasteiger partial charge in [-0.05, 0) is 68.0 Å². The fraction of sp³-hybridized carbons (Fsp3) is 0.480. The monoisotopic (exact) mass is 393 g/mol. The first kappa shape index (κ1) is 20.0. The number of carbonyl (C=O) groups is 1. The van der Waals surface area contributed by atoms with Gasteiger partial charge in [0.05, 0.1) is 14.2 Å². The molecular formula is C25H31NO3. The summed E-state index contributed by atoms with van der Waals surface area (Å²) in [6.07, 6.45) is 4.06. The minimum atomic E-state index is 0.0825. The summed E-state index contributed by atoms with van der Waals surface area (Å²) >= 11 is 0. The van der Waals surface area contributed by atoms with Crippen LogP contribution in [0.1, 0.15) is 41.3 Å². The summed E-state index contributed by atoms with van der Waals surface area (Å²) in [5.41, 5.74) is 3.31. The number of methoxy groups -OCH3 is 2. The zero-order valence-corrected chi connectivity index (χ0v) is 17.7. The number of ketones is 1. The Kier molecular flexibility index (Phi) is 5.91. The van der Waals surface area contributed by atoms with Gasteiger partial charge in [-0.2, -0.15) is 0 Å². The minimum absolute atomic E-state index is 0.0825. The molecule has 0 saturated carbocycles. The lowest BCUT2D eigenvalue weighted by molar-refractivity contribution is 0.0705. The van der Waals surface area contributed by atoms with Gasteiger partial charge in [0.1, 0.15) is 0 Å². The smallest absolute Gasteiger partial charge is 0.166 e. The molecule has 2 aliphatic rings. The number of hydrogen-bond donors (Lipinski definition) is 0. The van der Waals surface area contributed by atoms with Crippen molar-refractivity contribution >= 4 is 5.78 Å². The number of nitrogens with zero attached hydrogens (tertiary/aromatic N) is 1. The topological polar surface area (TPSA) is 38.8 Å². The van der Waals surface area contributed by atoms with Crippen molar-refractivity contribution in [2.75, 3.05) is 27.3 Å². The molecule has 4 nitrogen and oxygen atoms in total. The highest BCUT2D eigenvalue weighted by molar-refractivity contribution is 6.03. The van der Waals surface area contributed by atoms with Crippen LogP contribution in [0.3, 0.4) is 0 Å². The molecule has 154 valence electrons. The van der Waals surface area contributed by atoms with Gasteiger partial charge in [-0.25, -0.2) is 0 Å². The highest BCUT2D eigenvalue weighted by atomic mass is 16.5. The number of carbonyl (C=O) groups excluding carboxylic acids is 1. The zero-order chi connectivity index (χ0) is 20.4. The molecule has 0 bridgehead atoms. The lowest BCUT2D eigenvalue weighted by Gasteiger charge is -2.41. The maximum Gasteiger partial charge on any atom is 0.166 e. The molecule has 1 heterocycles. The van der Waals surface area contributed by atoms with Crippen molar-refractivity contribution in [2.24, 2.45) is 11.8 Å². The number of rotatable bonds is 6. The number of hydrogen-bond acceptors (Lipinski definition) is 4. The molecule has 4 heteroatoms. The molecule has 2 aromatic carbocycles. The summed E-state index contributed by atoms with van der Waals surface area (Å²) < 4.78 is 10.9. The van der Waals surface area contributed by atoms with Gasteiger partial charge < -0.3 is 14.4 Å². The second kappa shape index (κ2) is 8.58. The van der Waals surface area contributed by atoms with Crippen molar-refractivity contribution in [2.45, 2.75) is 38.6 Å². The molecule has 0 radical (unpaired) electrons. The Bertz CT molecular complexity index is 864. The van der Waals surface area contributed by atoms with Crippen molar-refractivity contribution in [1.29, 1.82) is 0 Å². The first-order valence-electron chi connectivity index (χ1n) is 10.7. The SMILES string of the molecule is CCN1CCC(C2Cc3cc(OC)c(OC)cc3C2=O)CC1Cc1ccccc1. The molecule has 0 aromatic heterocycles. The van der Waals surface area contributed by atoms with Crippen LogP contribution in [0.15, 0.2) is 42.5 Å². The van der Waals surface area contributed by atoms with Crippen LogP contribution >= 0.6 is 0 Å². The van der Waals surface area contributed by atoms with E-state index >= 15 is 0 Å². The van der Waals surface area contributed by atoms with Crippen LogP contribution in [0.4, 0.5) is 0 Å². The summed E-state index contributed by atoms with van der Waals surface area (Å²) in [7, 11) is 3.27. The lowest BCUT2D eigenvalue weighted by atomic mass is 9.78. The van der Waals surface area contributed by atoms with Crippen LogP contribution in [-0.4, -0.2) is 44.0 Å². The first-order valence-corrected chi connectivity index (χ1v) is 10.7. The second-order valence-electron chi connectivity index (χ2n) is 8.30. The number of Topliss-reactive ketones (excluding diaryl/α,β-unsaturated/α-hetero) is 1. The van der Waals surface area contributed by atoms with E-state index < -0.39 is 0 Å². The first-order chi connectivity index (χ1) is 14.1. The number of likely N-dealkylation sites (N-methyl/N-ethyl adjacent to an activating group) is 1. The van der Waals surface area contributed by atoms with Crippen molar-refractivity contribution in [3.8, 4) is 11.5 Å². The number of piperidine rings is 1. The van der Waals surface area contributed by atoms with Gasteiger partial charge in [-0.15, -0.1) is 0 Å². The van der Waals surface area contributed by atoms with Crippen molar-refractivity contribution < 1.29 is 14.3 Å². The third-order valence-electron chi connectivity index (χ3n) is 6.82. The van der Waals surface area contributed by atoms with Gasteiger partial charge in [-0.3, -0.25) is 4.79 Å². The van der Waals surface area contributed by atoms with Gasteiger partial charge in [0.2, 0.25) is 0 Å². The predicted molar refractivity (Wildman–Crippen MR) is 115 cm³/mol. The number of ether oxygens (including phenoxy) is 2. The number of benzene rings is 2. The maximum absolute atomic E-state index is 13.3. The summed E-state index contributed by atoms with van der Waals surface area (Å²) in [4.78, 5) is 15.9. The fourth-order valence-electron chi connectivity index (χ4n) is 5.24. The molecular weight excluding hydrogens is 362 g/mol. The zero-order valence-electron chi connectivity index (χ0n) is 17.7. The van der Waals surface area contributed by atoms with Crippen LogP contribution in [0, 0.1) is 11.8 Å². The molecule has 1 fully saturated rings. The summed E-state index contributed by atoms with van der Waals surface area (Å²) in [5.74, 6) is 2.15. The van der Waals surface area contributed by atoms with Crippen molar-refractivity contribution in [1.82, 2.24) is 4.90 Å². The second-order valence-corrected chi connectivity index (χ2v) is 8.30. The number of likely N-dealkylation sites (tertiary alicyclic amines) is 1. The van der Waals surface area contributed by atoms with Crippen LogP contribution in [-0.2, 0) is 12.8 Å². The third kappa shape index (κ3) is 3.91. The van der Waals surface area contributed by atoms with Crippen LogP contribution in [0.5, 0.6) is 11.5 Å². The molecule has 1 aliphatic heterocycles. The lowest BCUT2D eigenvalue weighted by Crippen LogP contribution is -2.45. The van der Waals surface area contributed by atoms with Crippen LogP contribution in [0.25, 0.3) is 0 Å². The highest BCUT2D eigenvalue weighted by Crippen LogP contribution is 2.42. The molecule has 1 aliphatic carbocycles. The van der Waals surface area contributed by atoms with E-state index in [1.807, 2.05) is 12.1 Å². The Morgan fingerprint density at radius 1 is 1.07 bits per heavy atom. The maximum atomic E-state index is 13.3. The predicted octanol–water partition coefficient (Wildman–Crippen LogP) is 4.40. The number of fused-ring (bicyclic) bond motifs is 1. The highest BCUT2D eigenvalue weighted by Gasteiger charge is 2.40. The molecule has 0 spiro atoms. The van der Waals surface area contributed by atoms with Gasteiger partial charge in [-0.1, -0.05) is 37.3 Å². The van der Waals surface area contributed by atoms with E-state index in [0.717, 1.165) is 49.9 Å². The Morgan fingerprint density at radius 3 is 2.48 bits per heavy atom. The molecule has 3 atom stereocenters. The summed E-state index contributed by atoms with van der Waals surface area (Å²) in [6.45, 7) is 4.39. The quantitative estimate of drug-likeness (QED) is 0.729. The molecule has 0 amide bonds. The standard InChI is InChI=1S/C25H31NO3/c1-4-26-11-10-18(13-20(26)12-17-8-6-5-7-9-17)21-14-19-15-23(28-2)24(29-3)16-22(19)25(21)27/h5-9,15-16,18,20-21H,4,10-14H2,1-3H3. The minimum Gasteiger partial charge on any atom is -0.493 e. The Morgan fingerprint density at radius 2 is 1.79 bits per heavy atom. The van der Waals surface area contributed by atoms with E-state index in [1.165, 1.54) is 5.56 Å². The Labute approximate surface area is 173 Å². The Balaban J connectivity index is 1.53. The Hall–Kier alpha value is -2.33. The average Bonchev–Trinajstić information content (AvgIpc) is 3.09. The van der Waals surface area contributed by atoms with E-state index in [0.29, 0.717) is 23.5 Å². The summed E-state index contributed by atoms with van der Waals surface area (Å²) in [6, 6.07) is 15.1. The fourth-order valence-corrected chi connectivity index (χ4v) is 5.24.